The molecule has 0 saturated heterocycles. The molecule has 0 aliphatic rings. The molecule has 4 heterocycles. The minimum atomic E-state index is 0.233. The third-order valence-corrected chi connectivity index (χ3v) is 4.77. The maximum absolute atomic E-state index is 5.84. The highest BCUT2D eigenvalue weighted by molar-refractivity contribution is 7.13. The number of anilines is 1. The van der Waals surface area contributed by atoms with Crippen LogP contribution >= 0.6 is 11.3 Å². The fourth-order valence-electron chi connectivity index (χ4n) is 2.68. The Hall–Kier alpha value is -2.74. The Morgan fingerprint density at radius 3 is 2.83 bits per heavy atom. The van der Waals surface area contributed by atoms with Crippen molar-refractivity contribution < 1.29 is 4.63 Å². The van der Waals surface area contributed by atoms with Gasteiger partial charge in [0.2, 0.25) is 0 Å². The number of nitrogen functional groups attached to an aromatic ring is 1. The second-order valence-corrected chi connectivity index (χ2v) is 6.13. The number of rotatable bonds is 3. The summed E-state index contributed by atoms with van der Waals surface area (Å²) >= 11 is 1.69. The number of nitrogens with zero attached hydrogens (tertiary/aromatic N) is 5. The normalized spacial score (nSPS) is 11.4. The molecule has 7 nitrogen and oxygen atoms in total. The molecular formula is C15H14N6OS. The summed E-state index contributed by atoms with van der Waals surface area (Å²) in [4.78, 5) is 10.1. The molecule has 2 N–H and O–H groups in total. The van der Waals surface area contributed by atoms with Crippen LogP contribution in [-0.4, -0.2) is 24.8 Å². The zero-order valence-corrected chi connectivity index (χ0v) is 13.5. The number of aromatic nitrogens is 5. The zero-order valence-electron chi connectivity index (χ0n) is 12.6. The second kappa shape index (κ2) is 5.17. The lowest BCUT2D eigenvalue weighted by Crippen LogP contribution is -2.00. The molecule has 0 unspecified atom stereocenters. The van der Waals surface area contributed by atoms with Crippen molar-refractivity contribution in [3.63, 3.8) is 0 Å². The molecule has 4 aromatic heterocycles. The monoisotopic (exact) mass is 326 g/mol. The second-order valence-electron chi connectivity index (χ2n) is 5.22. The number of hydrogen-bond acceptors (Lipinski definition) is 7. The van der Waals surface area contributed by atoms with Crippen molar-refractivity contribution in [3.05, 3.63) is 29.4 Å². The SMILES string of the molecule is CCn1c(-c2nonc2N)nc2cncc(-c3cc(C)cs3)c21. The summed E-state index contributed by atoms with van der Waals surface area (Å²) in [6.45, 7) is 4.86. The van der Waals surface area contributed by atoms with Crippen LogP contribution in [0.15, 0.2) is 28.5 Å². The summed E-state index contributed by atoms with van der Waals surface area (Å²) in [6.07, 6.45) is 3.62. The summed E-state index contributed by atoms with van der Waals surface area (Å²) < 4.78 is 6.79. The van der Waals surface area contributed by atoms with Crippen LogP contribution in [0.2, 0.25) is 0 Å². The number of thiophene rings is 1. The van der Waals surface area contributed by atoms with Gasteiger partial charge in [-0.15, -0.1) is 11.3 Å². The highest BCUT2D eigenvalue weighted by Crippen LogP contribution is 2.35. The van der Waals surface area contributed by atoms with Crippen LogP contribution in [0, 0.1) is 6.92 Å². The van der Waals surface area contributed by atoms with Crippen molar-refractivity contribution in [2.24, 2.45) is 0 Å². The molecule has 0 aromatic carbocycles. The van der Waals surface area contributed by atoms with E-state index in [4.69, 9.17) is 10.4 Å². The molecule has 0 spiro atoms. The van der Waals surface area contributed by atoms with E-state index in [2.05, 4.69) is 50.1 Å². The van der Waals surface area contributed by atoms with E-state index < -0.39 is 0 Å². The number of pyridine rings is 1. The molecule has 0 radical (unpaired) electrons. The summed E-state index contributed by atoms with van der Waals surface area (Å²) in [5, 5.41) is 9.66. The molecule has 0 saturated carbocycles. The predicted octanol–water partition coefficient (Wildman–Crippen LogP) is 3.12. The first-order chi connectivity index (χ1) is 11.2. The van der Waals surface area contributed by atoms with E-state index in [9.17, 15) is 0 Å². The van der Waals surface area contributed by atoms with Crippen LogP contribution in [0.1, 0.15) is 12.5 Å². The van der Waals surface area contributed by atoms with Gasteiger partial charge in [0.1, 0.15) is 5.52 Å². The predicted molar refractivity (Wildman–Crippen MR) is 89.0 cm³/mol. The van der Waals surface area contributed by atoms with E-state index in [0.717, 1.165) is 28.0 Å². The molecule has 116 valence electrons. The van der Waals surface area contributed by atoms with Gasteiger partial charge in [-0.3, -0.25) is 4.98 Å². The van der Waals surface area contributed by atoms with Crippen molar-refractivity contribution in [1.82, 2.24) is 24.8 Å². The van der Waals surface area contributed by atoms with Crippen molar-refractivity contribution in [3.8, 4) is 22.0 Å². The van der Waals surface area contributed by atoms with Crippen LogP contribution in [-0.2, 0) is 6.54 Å². The average molecular weight is 326 g/mol. The Morgan fingerprint density at radius 1 is 1.30 bits per heavy atom. The van der Waals surface area contributed by atoms with Crippen LogP contribution in [0.4, 0.5) is 5.82 Å². The standard InChI is InChI=1S/C15H14N6OS/c1-3-21-13-9(11-4-8(2)7-23-11)5-17-6-10(13)18-15(21)12-14(16)20-22-19-12/h4-7H,3H2,1-2H3,(H2,16,20). The third-order valence-electron chi connectivity index (χ3n) is 3.69. The molecule has 0 bridgehead atoms. The molecule has 23 heavy (non-hydrogen) atoms. The van der Waals surface area contributed by atoms with E-state index in [1.807, 2.05) is 6.20 Å². The molecule has 4 aromatic rings. The largest absolute Gasteiger partial charge is 0.379 e. The van der Waals surface area contributed by atoms with Gasteiger partial charge in [0, 0.05) is 23.2 Å². The van der Waals surface area contributed by atoms with Crippen molar-refractivity contribution in [2.75, 3.05) is 5.73 Å². The zero-order chi connectivity index (χ0) is 16.0. The molecule has 8 heteroatoms. The quantitative estimate of drug-likeness (QED) is 0.621. The Morgan fingerprint density at radius 2 is 2.17 bits per heavy atom. The summed E-state index contributed by atoms with van der Waals surface area (Å²) in [6, 6.07) is 2.15. The molecule has 0 amide bonds. The van der Waals surface area contributed by atoms with Gasteiger partial charge in [0.05, 0.1) is 11.7 Å². The number of nitrogens with two attached hydrogens (primary N) is 1. The number of imidazole rings is 1. The molecule has 0 aliphatic carbocycles. The number of aryl methyl sites for hydroxylation is 2. The van der Waals surface area contributed by atoms with Crippen molar-refractivity contribution in [2.45, 2.75) is 20.4 Å². The number of hydrogen-bond donors (Lipinski definition) is 1. The Bertz CT molecular complexity index is 999. The van der Waals surface area contributed by atoms with Gasteiger partial charge in [-0.05, 0) is 41.2 Å². The smallest absolute Gasteiger partial charge is 0.199 e. The third kappa shape index (κ3) is 2.10. The van der Waals surface area contributed by atoms with E-state index in [0.29, 0.717) is 11.5 Å². The Kier molecular flexibility index (Phi) is 3.12. The topological polar surface area (TPSA) is 95.7 Å². The summed E-state index contributed by atoms with van der Waals surface area (Å²) in [7, 11) is 0. The maximum Gasteiger partial charge on any atom is 0.199 e. The van der Waals surface area contributed by atoms with Crippen LogP contribution in [0.25, 0.3) is 33.0 Å². The first-order valence-electron chi connectivity index (χ1n) is 7.17. The lowest BCUT2D eigenvalue weighted by molar-refractivity contribution is 0.310. The fraction of sp³-hybridized carbons (Fsp3) is 0.200. The fourth-order valence-corrected chi connectivity index (χ4v) is 3.59. The van der Waals surface area contributed by atoms with E-state index in [1.165, 1.54) is 5.56 Å². The summed E-state index contributed by atoms with van der Waals surface area (Å²) in [5.41, 5.74) is 10.4. The minimum absolute atomic E-state index is 0.233. The molecular weight excluding hydrogens is 312 g/mol. The van der Waals surface area contributed by atoms with Gasteiger partial charge in [-0.25, -0.2) is 9.61 Å². The van der Waals surface area contributed by atoms with Gasteiger partial charge in [-0.2, -0.15) is 0 Å². The molecule has 0 atom stereocenters. The highest BCUT2D eigenvalue weighted by atomic mass is 32.1. The summed E-state index contributed by atoms with van der Waals surface area (Å²) in [5.74, 6) is 0.875. The first kappa shape index (κ1) is 13.9. The van der Waals surface area contributed by atoms with Crippen LogP contribution < -0.4 is 5.73 Å². The number of fused-ring (bicyclic) bond motifs is 1. The van der Waals surface area contributed by atoms with Crippen molar-refractivity contribution in [1.29, 1.82) is 0 Å². The average Bonchev–Trinajstić information content (AvgIpc) is 3.24. The minimum Gasteiger partial charge on any atom is -0.379 e. The molecule has 4 rings (SSSR count). The van der Waals surface area contributed by atoms with Gasteiger partial charge >= 0.3 is 0 Å². The molecule has 0 aliphatic heterocycles. The Balaban J connectivity index is 2.04. The lowest BCUT2D eigenvalue weighted by Gasteiger charge is -2.07. The first-order valence-corrected chi connectivity index (χ1v) is 8.05. The van der Waals surface area contributed by atoms with E-state index in [1.54, 1.807) is 17.5 Å². The molecule has 0 fully saturated rings. The van der Waals surface area contributed by atoms with Crippen molar-refractivity contribution >= 4 is 28.2 Å². The van der Waals surface area contributed by atoms with E-state index in [-0.39, 0.29) is 5.82 Å². The van der Waals surface area contributed by atoms with Gasteiger partial charge in [0.15, 0.2) is 17.3 Å². The van der Waals surface area contributed by atoms with Gasteiger partial charge in [-0.1, -0.05) is 0 Å². The lowest BCUT2D eigenvalue weighted by atomic mass is 10.2. The Labute approximate surface area is 135 Å². The highest BCUT2D eigenvalue weighted by Gasteiger charge is 2.21. The van der Waals surface area contributed by atoms with Gasteiger partial charge < -0.3 is 10.3 Å². The van der Waals surface area contributed by atoms with Gasteiger partial charge in [0.25, 0.3) is 0 Å². The van der Waals surface area contributed by atoms with E-state index >= 15 is 0 Å². The van der Waals surface area contributed by atoms with Crippen LogP contribution in [0.3, 0.4) is 0 Å². The maximum atomic E-state index is 5.84. The van der Waals surface area contributed by atoms with Crippen LogP contribution in [0.5, 0.6) is 0 Å².